The second kappa shape index (κ2) is 5.71. The molecule has 0 aromatic carbocycles. The van der Waals surface area contributed by atoms with Crippen LogP contribution in [-0.4, -0.2) is 53.1 Å². The number of ether oxygens (including phenoxy) is 1. The molecule has 0 bridgehead atoms. The molecule has 7 heteroatoms. The minimum Gasteiger partial charge on any atom is -0.380 e. The summed E-state index contributed by atoms with van der Waals surface area (Å²) < 4.78 is 7.08. The zero-order valence-electron chi connectivity index (χ0n) is 11.5. The van der Waals surface area contributed by atoms with Gasteiger partial charge in [-0.3, -0.25) is 9.69 Å². The van der Waals surface area contributed by atoms with Gasteiger partial charge in [-0.2, -0.15) is 5.10 Å². The SMILES string of the molecule is Cn1ncc(NCC2CN3CCCC3CO2)c(Cl)c1=O. The Hall–Kier alpha value is -1.11. The van der Waals surface area contributed by atoms with Gasteiger partial charge in [0.2, 0.25) is 0 Å². The molecule has 2 saturated heterocycles. The molecule has 2 aliphatic rings. The minimum absolute atomic E-state index is 0.129. The van der Waals surface area contributed by atoms with Crippen LogP contribution >= 0.6 is 11.6 Å². The fraction of sp³-hybridized carbons (Fsp3) is 0.692. The van der Waals surface area contributed by atoms with Crippen molar-refractivity contribution in [1.82, 2.24) is 14.7 Å². The van der Waals surface area contributed by atoms with Crippen LogP contribution in [0.25, 0.3) is 0 Å². The molecule has 0 aliphatic carbocycles. The highest BCUT2D eigenvalue weighted by Crippen LogP contribution is 2.23. The molecule has 2 fully saturated rings. The molecule has 2 atom stereocenters. The van der Waals surface area contributed by atoms with Gasteiger partial charge in [0.1, 0.15) is 5.02 Å². The average Bonchev–Trinajstić information content (AvgIpc) is 2.91. The van der Waals surface area contributed by atoms with Gasteiger partial charge in [0.25, 0.3) is 5.56 Å². The van der Waals surface area contributed by atoms with Gasteiger partial charge in [0.15, 0.2) is 0 Å². The van der Waals surface area contributed by atoms with E-state index in [9.17, 15) is 4.79 Å². The Balaban J connectivity index is 1.60. The molecule has 3 heterocycles. The maximum absolute atomic E-state index is 11.7. The lowest BCUT2D eigenvalue weighted by Crippen LogP contribution is -2.48. The van der Waals surface area contributed by atoms with Gasteiger partial charge in [0.05, 0.1) is 24.6 Å². The van der Waals surface area contributed by atoms with Gasteiger partial charge >= 0.3 is 0 Å². The first-order chi connectivity index (χ1) is 9.65. The number of halogens is 1. The normalized spacial score (nSPS) is 26.5. The molecule has 0 amide bonds. The Morgan fingerprint density at radius 1 is 1.60 bits per heavy atom. The Labute approximate surface area is 122 Å². The van der Waals surface area contributed by atoms with Crippen LogP contribution in [0.15, 0.2) is 11.0 Å². The fourth-order valence-corrected chi connectivity index (χ4v) is 3.10. The molecule has 0 radical (unpaired) electrons. The third-order valence-electron chi connectivity index (χ3n) is 4.06. The van der Waals surface area contributed by atoms with Crippen molar-refractivity contribution in [1.29, 1.82) is 0 Å². The van der Waals surface area contributed by atoms with E-state index < -0.39 is 0 Å². The molecule has 20 heavy (non-hydrogen) atoms. The lowest BCUT2D eigenvalue weighted by atomic mass is 10.2. The number of nitrogens with zero attached hydrogens (tertiary/aromatic N) is 3. The summed E-state index contributed by atoms with van der Waals surface area (Å²) in [6.45, 7) is 3.54. The Morgan fingerprint density at radius 3 is 3.30 bits per heavy atom. The number of hydrogen-bond donors (Lipinski definition) is 1. The van der Waals surface area contributed by atoms with Crippen molar-refractivity contribution in [3.63, 3.8) is 0 Å². The third-order valence-corrected chi connectivity index (χ3v) is 4.43. The summed E-state index contributed by atoms with van der Waals surface area (Å²) in [7, 11) is 1.58. The van der Waals surface area contributed by atoms with E-state index in [0.717, 1.165) is 13.2 Å². The molecule has 3 rings (SSSR count). The number of anilines is 1. The molecule has 6 nitrogen and oxygen atoms in total. The summed E-state index contributed by atoms with van der Waals surface area (Å²) in [6, 6.07) is 0.598. The van der Waals surface area contributed by atoms with Crippen molar-refractivity contribution in [2.45, 2.75) is 25.0 Å². The quantitative estimate of drug-likeness (QED) is 0.890. The van der Waals surface area contributed by atoms with E-state index in [1.165, 1.54) is 24.1 Å². The first-order valence-electron chi connectivity index (χ1n) is 6.96. The van der Waals surface area contributed by atoms with Gasteiger partial charge in [-0.15, -0.1) is 0 Å². The molecular formula is C13H19ClN4O2. The average molecular weight is 299 g/mol. The molecule has 0 saturated carbocycles. The lowest BCUT2D eigenvalue weighted by Gasteiger charge is -2.35. The number of aryl methyl sites for hydroxylation is 1. The maximum Gasteiger partial charge on any atom is 0.287 e. The van der Waals surface area contributed by atoms with Crippen LogP contribution in [0.2, 0.25) is 5.02 Å². The van der Waals surface area contributed by atoms with E-state index in [2.05, 4.69) is 15.3 Å². The number of morpholine rings is 1. The van der Waals surface area contributed by atoms with Crippen LogP contribution in [0.3, 0.4) is 0 Å². The van der Waals surface area contributed by atoms with Gasteiger partial charge in [-0.1, -0.05) is 11.6 Å². The summed E-state index contributed by atoms with van der Waals surface area (Å²) >= 11 is 6.02. The van der Waals surface area contributed by atoms with E-state index in [1.807, 2.05) is 0 Å². The summed E-state index contributed by atoms with van der Waals surface area (Å²) in [5, 5.41) is 7.31. The number of nitrogens with one attached hydrogen (secondary N) is 1. The minimum atomic E-state index is -0.291. The maximum atomic E-state index is 11.7. The first-order valence-corrected chi connectivity index (χ1v) is 7.34. The molecule has 1 N–H and O–H groups in total. The molecular weight excluding hydrogens is 280 g/mol. The van der Waals surface area contributed by atoms with Crippen LogP contribution in [0, 0.1) is 0 Å². The van der Waals surface area contributed by atoms with Crippen LogP contribution < -0.4 is 10.9 Å². The van der Waals surface area contributed by atoms with Crippen molar-refractivity contribution >= 4 is 17.3 Å². The van der Waals surface area contributed by atoms with Crippen LogP contribution in [0.1, 0.15) is 12.8 Å². The monoisotopic (exact) mass is 298 g/mol. The second-order valence-corrected chi connectivity index (χ2v) is 5.81. The lowest BCUT2D eigenvalue weighted by molar-refractivity contribution is -0.0415. The number of rotatable bonds is 3. The fourth-order valence-electron chi connectivity index (χ4n) is 2.87. The van der Waals surface area contributed by atoms with Crippen LogP contribution in [0.4, 0.5) is 5.69 Å². The highest BCUT2D eigenvalue weighted by atomic mass is 35.5. The molecule has 2 aliphatic heterocycles. The Kier molecular flexibility index (Phi) is 3.96. The van der Waals surface area contributed by atoms with Crippen LogP contribution in [0.5, 0.6) is 0 Å². The van der Waals surface area contributed by atoms with Gasteiger partial charge in [0, 0.05) is 26.2 Å². The summed E-state index contributed by atoms with van der Waals surface area (Å²) in [4.78, 5) is 14.2. The van der Waals surface area contributed by atoms with Crippen molar-refractivity contribution < 1.29 is 4.74 Å². The number of hydrogen-bond acceptors (Lipinski definition) is 5. The predicted molar refractivity (Wildman–Crippen MR) is 77.3 cm³/mol. The van der Waals surface area contributed by atoms with E-state index in [4.69, 9.17) is 16.3 Å². The van der Waals surface area contributed by atoms with Crippen LogP contribution in [-0.2, 0) is 11.8 Å². The van der Waals surface area contributed by atoms with E-state index >= 15 is 0 Å². The molecule has 110 valence electrons. The topological polar surface area (TPSA) is 59.4 Å². The molecule has 0 spiro atoms. The first kappa shape index (κ1) is 13.9. The predicted octanol–water partition coefficient (Wildman–Crippen LogP) is 0.709. The summed E-state index contributed by atoms with van der Waals surface area (Å²) in [5.74, 6) is 0. The van der Waals surface area contributed by atoms with Gasteiger partial charge < -0.3 is 10.1 Å². The zero-order chi connectivity index (χ0) is 14.1. The second-order valence-electron chi connectivity index (χ2n) is 5.43. The highest BCUT2D eigenvalue weighted by Gasteiger charge is 2.32. The smallest absolute Gasteiger partial charge is 0.287 e. The zero-order valence-corrected chi connectivity index (χ0v) is 12.3. The third kappa shape index (κ3) is 2.68. The summed E-state index contributed by atoms with van der Waals surface area (Å²) in [6.07, 6.45) is 4.21. The molecule has 1 aromatic heterocycles. The Bertz CT molecular complexity index is 548. The summed E-state index contributed by atoms with van der Waals surface area (Å²) in [5.41, 5.74) is 0.280. The van der Waals surface area contributed by atoms with Gasteiger partial charge in [-0.25, -0.2) is 4.68 Å². The van der Waals surface area contributed by atoms with Crippen molar-refractivity contribution in [2.75, 3.05) is 31.6 Å². The standard InChI is InChI=1S/C13H19ClN4O2/c1-17-13(19)12(14)11(6-16-17)15-5-10-7-18-4-2-3-9(18)8-20-10/h6,9-10,15H,2-5,7-8H2,1H3. The largest absolute Gasteiger partial charge is 0.380 e. The Morgan fingerprint density at radius 2 is 2.45 bits per heavy atom. The van der Waals surface area contributed by atoms with Crippen molar-refractivity contribution in [2.24, 2.45) is 7.05 Å². The number of aromatic nitrogens is 2. The molecule has 2 unspecified atom stereocenters. The highest BCUT2D eigenvalue weighted by molar-refractivity contribution is 6.32. The van der Waals surface area contributed by atoms with E-state index in [1.54, 1.807) is 13.2 Å². The van der Waals surface area contributed by atoms with Gasteiger partial charge in [-0.05, 0) is 19.4 Å². The van der Waals surface area contributed by atoms with Crippen molar-refractivity contribution in [3.05, 3.63) is 21.6 Å². The number of fused-ring (bicyclic) bond motifs is 1. The molecule has 1 aromatic rings. The van der Waals surface area contributed by atoms with Crippen molar-refractivity contribution in [3.8, 4) is 0 Å². The van der Waals surface area contributed by atoms with E-state index in [-0.39, 0.29) is 16.7 Å². The van der Waals surface area contributed by atoms with E-state index in [0.29, 0.717) is 18.3 Å².